The molecule has 0 aromatic carbocycles. The van der Waals surface area contributed by atoms with Gasteiger partial charge in [-0.05, 0) is 25.8 Å². The summed E-state index contributed by atoms with van der Waals surface area (Å²) in [6.07, 6.45) is 3.98. The minimum Gasteiger partial charge on any atom is -0.375 e. The summed E-state index contributed by atoms with van der Waals surface area (Å²) in [5, 5.41) is 3.52. The van der Waals surface area contributed by atoms with Crippen molar-refractivity contribution in [3.8, 4) is 0 Å². The molecule has 2 rings (SSSR count). The van der Waals surface area contributed by atoms with Gasteiger partial charge in [0, 0.05) is 12.1 Å². The van der Waals surface area contributed by atoms with Crippen LogP contribution in [0.3, 0.4) is 0 Å². The third-order valence-electron chi connectivity index (χ3n) is 2.81. The van der Waals surface area contributed by atoms with Gasteiger partial charge in [0.25, 0.3) is 0 Å². The molecule has 2 aliphatic rings. The summed E-state index contributed by atoms with van der Waals surface area (Å²) in [4.78, 5) is 0. The van der Waals surface area contributed by atoms with Crippen molar-refractivity contribution in [3.63, 3.8) is 0 Å². The van der Waals surface area contributed by atoms with Crippen LogP contribution < -0.4 is 11.1 Å². The molecule has 0 aliphatic carbocycles. The van der Waals surface area contributed by atoms with E-state index in [0.717, 1.165) is 19.6 Å². The van der Waals surface area contributed by atoms with E-state index in [1.807, 2.05) is 0 Å². The van der Waals surface area contributed by atoms with Gasteiger partial charge in [-0.2, -0.15) is 0 Å². The summed E-state index contributed by atoms with van der Waals surface area (Å²) in [6.45, 7) is 2.69. The Bertz CT molecular complexity index is 143. The lowest BCUT2D eigenvalue weighted by Gasteiger charge is -2.20. The Morgan fingerprint density at radius 2 is 2.55 bits per heavy atom. The Hall–Kier alpha value is -0.120. The molecule has 3 nitrogen and oxygen atoms in total. The summed E-state index contributed by atoms with van der Waals surface area (Å²) in [5.41, 5.74) is 5.84. The molecule has 2 fully saturated rings. The van der Waals surface area contributed by atoms with E-state index in [0.29, 0.717) is 18.2 Å². The van der Waals surface area contributed by atoms with E-state index in [9.17, 15) is 0 Å². The molecule has 0 amide bonds. The van der Waals surface area contributed by atoms with Crippen molar-refractivity contribution >= 4 is 0 Å². The fraction of sp³-hybridized carbons (Fsp3) is 1.00. The number of hydrogen-bond acceptors (Lipinski definition) is 3. The van der Waals surface area contributed by atoms with Crippen LogP contribution in [0.15, 0.2) is 0 Å². The van der Waals surface area contributed by atoms with E-state index in [1.165, 1.54) is 12.8 Å². The number of rotatable bonds is 1. The number of nitrogens with one attached hydrogen (secondary N) is 1. The van der Waals surface area contributed by atoms with E-state index in [4.69, 9.17) is 10.5 Å². The smallest absolute Gasteiger partial charge is 0.0716 e. The first-order valence-electron chi connectivity index (χ1n) is 4.41. The minimum atomic E-state index is 0.306. The van der Waals surface area contributed by atoms with Gasteiger partial charge in [-0.3, -0.25) is 0 Å². The van der Waals surface area contributed by atoms with Gasteiger partial charge in [0.2, 0.25) is 0 Å². The molecule has 2 unspecified atom stereocenters. The van der Waals surface area contributed by atoms with Crippen LogP contribution in [0.1, 0.15) is 19.3 Å². The predicted octanol–water partition coefficient (Wildman–Crippen LogP) is -0.144. The summed E-state index contributed by atoms with van der Waals surface area (Å²) in [7, 11) is 0. The van der Waals surface area contributed by atoms with E-state index >= 15 is 0 Å². The topological polar surface area (TPSA) is 47.3 Å². The van der Waals surface area contributed by atoms with Crippen molar-refractivity contribution in [2.24, 2.45) is 5.73 Å². The molecule has 0 bridgehead atoms. The van der Waals surface area contributed by atoms with Gasteiger partial charge in [-0.25, -0.2) is 0 Å². The minimum absolute atomic E-state index is 0.306. The average molecular weight is 156 g/mol. The van der Waals surface area contributed by atoms with Crippen LogP contribution in [0.25, 0.3) is 0 Å². The second-order valence-electron chi connectivity index (χ2n) is 3.68. The monoisotopic (exact) mass is 156 g/mol. The summed E-state index contributed by atoms with van der Waals surface area (Å²) < 4.78 is 5.55. The zero-order valence-electron chi connectivity index (χ0n) is 6.81. The molecule has 3 heteroatoms. The molecular weight excluding hydrogens is 140 g/mol. The highest BCUT2D eigenvalue weighted by molar-refractivity contribution is 4.99. The van der Waals surface area contributed by atoms with E-state index in [-0.39, 0.29) is 0 Å². The zero-order valence-corrected chi connectivity index (χ0v) is 6.81. The Morgan fingerprint density at radius 3 is 3.09 bits per heavy atom. The lowest BCUT2D eigenvalue weighted by atomic mass is 9.94. The van der Waals surface area contributed by atoms with Crippen molar-refractivity contribution in [2.45, 2.75) is 30.9 Å². The fourth-order valence-corrected chi connectivity index (χ4v) is 2.15. The SMILES string of the molecule is NCC1CC2(CCCN2)CO1. The second-order valence-corrected chi connectivity index (χ2v) is 3.68. The Balaban J connectivity index is 1.96. The summed E-state index contributed by atoms with van der Waals surface area (Å²) in [6, 6.07) is 0. The van der Waals surface area contributed by atoms with Gasteiger partial charge in [-0.1, -0.05) is 0 Å². The fourth-order valence-electron chi connectivity index (χ4n) is 2.15. The van der Waals surface area contributed by atoms with Crippen LogP contribution >= 0.6 is 0 Å². The second kappa shape index (κ2) is 2.73. The Kier molecular flexibility index (Phi) is 1.87. The average Bonchev–Trinajstić information content (AvgIpc) is 2.62. The first-order valence-corrected chi connectivity index (χ1v) is 4.41. The lowest BCUT2D eigenvalue weighted by molar-refractivity contribution is 0.108. The highest BCUT2D eigenvalue weighted by Gasteiger charge is 2.41. The Labute approximate surface area is 67.3 Å². The molecule has 0 aromatic heterocycles. The maximum Gasteiger partial charge on any atom is 0.0716 e. The van der Waals surface area contributed by atoms with Gasteiger partial charge >= 0.3 is 0 Å². The van der Waals surface area contributed by atoms with Crippen LogP contribution in [0, 0.1) is 0 Å². The van der Waals surface area contributed by atoms with Crippen LogP contribution in [-0.2, 0) is 4.74 Å². The molecule has 0 aromatic rings. The largest absolute Gasteiger partial charge is 0.375 e. The molecule has 1 spiro atoms. The first-order chi connectivity index (χ1) is 5.35. The van der Waals surface area contributed by atoms with Crippen LogP contribution in [0.2, 0.25) is 0 Å². The van der Waals surface area contributed by atoms with E-state index in [2.05, 4.69) is 5.32 Å². The standard InChI is InChI=1S/C8H16N2O/c9-5-7-4-8(6-11-7)2-1-3-10-8/h7,10H,1-6,9H2. The van der Waals surface area contributed by atoms with Crippen LogP contribution in [-0.4, -0.2) is 31.3 Å². The molecule has 2 aliphatic heterocycles. The third kappa shape index (κ3) is 1.28. The molecule has 3 N–H and O–H groups in total. The first kappa shape index (κ1) is 7.53. The quantitative estimate of drug-likeness (QED) is 0.555. The van der Waals surface area contributed by atoms with Crippen molar-refractivity contribution in [1.82, 2.24) is 5.32 Å². The van der Waals surface area contributed by atoms with Crippen molar-refractivity contribution < 1.29 is 4.74 Å². The van der Waals surface area contributed by atoms with Gasteiger partial charge in [0.1, 0.15) is 0 Å². The van der Waals surface area contributed by atoms with Gasteiger partial charge in [0.05, 0.1) is 12.7 Å². The van der Waals surface area contributed by atoms with Crippen molar-refractivity contribution in [1.29, 1.82) is 0 Å². The zero-order chi connectivity index (χ0) is 7.73. The van der Waals surface area contributed by atoms with E-state index < -0.39 is 0 Å². The molecule has 2 saturated heterocycles. The molecular formula is C8H16N2O. The third-order valence-corrected chi connectivity index (χ3v) is 2.81. The highest BCUT2D eigenvalue weighted by atomic mass is 16.5. The predicted molar refractivity (Wildman–Crippen MR) is 43.4 cm³/mol. The van der Waals surface area contributed by atoms with Gasteiger partial charge in [-0.15, -0.1) is 0 Å². The van der Waals surface area contributed by atoms with Crippen molar-refractivity contribution in [2.75, 3.05) is 19.7 Å². The summed E-state index contributed by atoms with van der Waals surface area (Å²) in [5.74, 6) is 0. The number of ether oxygens (including phenoxy) is 1. The van der Waals surface area contributed by atoms with E-state index in [1.54, 1.807) is 0 Å². The maximum atomic E-state index is 5.55. The molecule has 0 radical (unpaired) electrons. The number of nitrogens with two attached hydrogens (primary N) is 1. The van der Waals surface area contributed by atoms with Crippen LogP contribution in [0.5, 0.6) is 0 Å². The summed E-state index contributed by atoms with van der Waals surface area (Å²) >= 11 is 0. The lowest BCUT2D eigenvalue weighted by Crippen LogP contribution is -2.40. The molecule has 0 saturated carbocycles. The molecule has 64 valence electrons. The molecule has 2 heterocycles. The van der Waals surface area contributed by atoms with Crippen LogP contribution in [0.4, 0.5) is 0 Å². The highest BCUT2D eigenvalue weighted by Crippen LogP contribution is 2.31. The maximum absolute atomic E-state index is 5.55. The normalized spacial score (nSPS) is 43.9. The Morgan fingerprint density at radius 1 is 1.64 bits per heavy atom. The molecule has 11 heavy (non-hydrogen) atoms. The molecule has 2 atom stereocenters. The number of hydrogen-bond donors (Lipinski definition) is 2. The van der Waals surface area contributed by atoms with Gasteiger partial charge < -0.3 is 15.8 Å². The van der Waals surface area contributed by atoms with Gasteiger partial charge in [0.15, 0.2) is 0 Å². The van der Waals surface area contributed by atoms with Crippen molar-refractivity contribution in [3.05, 3.63) is 0 Å².